The lowest BCUT2D eigenvalue weighted by Crippen LogP contribution is -2.25. The Labute approximate surface area is 162 Å². The van der Waals surface area contributed by atoms with E-state index in [2.05, 4.69) is 5.32 Å². The molecule has 2 aromatic carbocycles. The number of hydrogen-bond donors (Lipinski definition) is 1. The van der Waals surface area contributed by atoms with Crippen LogP contribution in [0, 0.1) is 5.82 Å². The summed E-state index contributed by atoms with van der Waals surface area (Å²) in [6, 6.07) is 13.0. The molecule has 0 bridgehead atoms. The van der Waals surface area contributed by atoms with Crippen LogP contribution in [-0.2, 0) is 21.2 Å². The van der Waals surface area contributed by atoms with Gasteiger partial charge in [0.1, 0.15) is 17.3 Å². The molecule has 5 nitrogen and oxygen atoms in total. The monoisotopic (exact) mass is 409 g/mol. The predicted octanol–water partition coefficient (Wildman–Crippen LogP) is 3.15. The summed E-state index contributed by atoms with van der Waals surface area (Å²) in [7, 11) is -2.91. The first-order chi connectivity index (χ1) is 12.9. The molecular weight excluding hydrogens is 389 g/mol. The molecule has 2 aromatic rings. The lowest BCUT2D eigenvalue weighted by molar-refractivity contribution is -0.118. The van der Waals surface area contributed by atoms with Crippen molar-refractivity contribution in [3.8, 4) is 11.5 Å². The van der Waals surface area contributed by atoms with Gasteiger partial charge in [-0.2, -0.15) is 0 Å². The maximum absolute atomic E-state index is 12.9. The predicted molar refractivity (Wildman–Crippen MR) is 104 cm³/mol. The van der Waals surface area contributed by atoms with Gasteiger partial charge in [0.2, 0.25) is 5.91 Å². The number of hydrogen-bond acceptors (Lipinski definition) is 5. The van der Waals surface area contributed by atoms with E-state index < -0.39 is 9.84 Å². The second-order valence-corrected chi connectivity index (χ2v) is 9.83. The Morgan fingerprint density at radius 3 is 2.33 bits per heavy atom. The maximum atomic E-state index is 12.9. The van der Waals surface area contributed by atoms with E-state index in [1.807, 2.05) is 12.1 Å². The van der Waals surface area contributed by atoms with E-state index in [4.69, 9.17) is 4.74 Å². The Morgan fingerprint density at radius 1 is 1.11 bits per heavy atom. The third kappa shape index (κ3) is 6.25. The van der Waals surface area contributed by atoms with Crippen LogP contribution in [-0.4, -0.2) is 36.8 Å². The average Bonchev–Trinajstić information content (AvgIpc) is 3.00. The average molecular weight is 410 g/mol. The molecule has 0 saturated carbocycles. The van der Waals surface area contributed by atoms with Gasteiger partial charge >= 0.3 is 0 Å². The molecule has 1 amide bonds. The van der Waals surface area contributed by atoms with Gasteiger partial charge in [-0.15, -0.1) is 11.8 Å². The summed E-state index contributed by atoms with van der Waals surface area (Å²) in [5, 5.41) is 2.84. The fourth-order valence-corrected chi connectivity index (χ4v) is 6.12. The van der Waals surface area contributed by atoms with E-state index in [0.717, 1.165) is 5.56 Å². The number of sulfone groups is 1. The van der Waals surface area contributed by atoms with Gasteiger partial charge in [-0.3, -0.25) is 4.79 Å². The van der Waals surface area contributed by atoms with Crippen LogP contribution in [0.5, 0.6) is 11.5 Å². The van der Waals surface area contributed by atoms with Gasteiger partial charge in [-0.1, -0.05) is 12.1 Å². The number of ether oxygens (including phenoxy) is 1. The van der Waals surface area contributed by atoms with Gasteiger partial charge in [0.05, 0.1) is 17.3 Å². The van der Waals surface area contributed by atoms with Crippen molar-refractivity contribution in [2.45, 2.75) is 18.2 Å². The fourth-order valence-electron chi connectivity index (χ4n) is 2.65. The minimum Gasteiger partial charge on any atom is -0.457 e. The molecular formula is C19H20FNO4S2. The van der Waals surface area contributed by atoms with Crippen molar-refractivity contribution in [1.29, 1.82) is 0 Å². The Kier molecular flexibility index (Phi) is 6.38. The molecule has 0 aromatic heterocycles. The molecule has 1 atom stereocenters. The van der Waals surface area contributed by atoms with Crippen molar-refractivity contribution in [2.24, 2.45) is 0 Å². The van der Waals surface area contributed by atoms with Crippen LogP contribution in [0.25, 0.3) is 0 Å². The molecule has 0 unspecified atom stereocenters. The summed E-state index contributed by atoms with van der Waals surface area (Å²) in [6.07, 6.45) is 0.621. The van der Waals surface area contributed by atoms with E-state index in [1.165, 1.54) is 23.9 Å². The fraction of sp³-hybridized carbons (Fsp3) is 0.316. The van der Waals surface area contributed by atoms with E-state index in [1.54, 1.807) is 24.3 Å². The zero-order valence-corrected chi connectivity index (χ0v) is 16.2. The van der Waals surface area contributed by atoms with Crippen molar-refractivity contribution in [3.63, 3.8) is 0 Å². The Bertz CT molecular complexity index is 883. The number of thioether (sulfide) groups is 1. The first-order valence-electron chi connectivity index (χ1n) is 8.51. The summed E-state index contributed by atoms with van der Waals surface area (Å²) in [5.41, 5.74) is 0.920. The van der Waals surface area contributed by atoms with Crippen LogP contribution in [0.1, 0.15) is 12.0 Å². The zero-order chi connectivity index (χ0) is 19.3. The molecule has 0 spiro atoms. The molecule has 0 aliphatic carbocycles. The van der Waals surface area contributed by atoms with Gasteiger partial charge in [0.25, 0.3) is 0 Å². The van der Waals surface area contributed by atoms with Crippen molar-refractivity contribution < 1.29 is 22.3 Å². The first kappa shape index (κ1) is 19.7. The lowest BCUT2D eigenvalue weighted by atomic mass is 10.2. The van der Waals surface area contributed by atoms with Crippen LogP contribution in [0.3, 0.4) is 0 Å². The van der Waals surface area contributed by atoms with E-state index in [-0.39, 0.29) is 34.2 Å². The largest absolute Gasteiger partial charge is 0.457 e. The van der Waals surface area contributed by atoms with Gasteiger partial charge in [0, 0.05) is 11.8 Å². The quantitative estimate of drug-likeness (QED) is 0.761. The molecule has 3 rings (SSSR count). The zero-order valence-electron chi connectivity index (χ0n) is 14.6. The minimum absolute atomic E-state index is 0.0173. The molecule has 1 aliphatic rings. The summed E-state index contributed by atoms with van der Waals surface area (Å²) in [4.78, 5) is 11.9. The third-order valence-electron chi connectivity index (χ3n) is 4.10. The van der Waals surface area contributed by atoms with Crippen molar-refractivity contribution >= 4 is 27.5 Å². The molecule has 0 radical (unpaired) electrons. The lowest BCUT2D eigenvalue weighted by Gasteiger charge is -2.09. The number of benzene rings is 2. The first-order valence-corrected chi connectivity index (χ1v) is 11.4. The molecule has 1 aliphatic heterocycles. The standard InChI is InChI=1S/C19H20FNO4S2/c20-15-3-7-17(8-4-15)25-16-5-1-14(2-6-16)11-21-19(22)12-26-18-9-10-27(23,24)13-18/h1-8,18H,9-13H2,(H,21,22)/t18-/m0/s1. The number of halogens is 1. The summed E-state index contributed by atoms with van der Waals surface area (Å²) in [5.74, 6) is 1.38. The molecule has 1 fully saturated rings. The summed E-state index contributed by atoms with van der Waals surface area (Å²) < 4.78 is 41.3. The van der Waals surface area contributed by atoms with Gasteiger partial charge in [-0.05, 0) is 48.4 Å². The van der Waals surface area contributed by atoms with E-state index in [9.17, 15) is 17.6 Å². The van der Waals surface area contributed by atoms with E-state index in [0.29, 0.717) is 24.5 Å². The molecule has 1 saturated heterocycles. The summed E-state index contributed by atoms with van der Waals surface area (Å²) >= 11 is 1.40. The van der Waals surface area contributed by atoms with Crippen molar-refractivity contribution in [2.75, 3.05) is 17.3 Å². The molecule has 27 heavy (non-hydrogen) atoms. The third-order valence-corrected chi connectivity index (χ3v) is 7.38. The highest BCUT2D eigenvalue weighted by Gasteiger charge is 2.28. The van der Waals surface area contributed by atoms with Crippen LogP contribution in [0.15, 0.2) is 48.5 Å². The maximum Gasteiger partial charge on any atom is 0.230 e. The Hall–Kier alpha value is -2.06. The van der Waals surface area contributed by atoms with E-state index >= 15 is 0 Å². The van der Waals surface area contributed by atoms with Crippen molar-refractivity contribution in [1.82, 2.24) is 5.32 Å². The minimum atomic E-state index is -2.91. The number of amides is 1. The Balaban J connectivity index is 1.41. The Morgan fingerprint density at radius 2 is 1.74 bits per heavy atom. The molecule has 1 N–H and O–H groups in total. The van der Waals surface area contributed by atoms with Crippen LogP contribution in [0.4, 0.5) is 4.39 Å². The summed E-state index contributed by atoms with van der Waals surface area (Å²) in [6.45, 7) is 0.388. The highest BCUT2D eigenvalue weighted by Crippen LogP contribution is 2.24. The number of carbonyl (C=O) groups excluding carboxylic acids is 1. The second kappa shape index (κ2) is 8.75. The molecule has 8 heteroatoms. The van der Waals surface area contributed by atoms with Crippen LogP contribution < -0.4 is 10.1 Å². The molecule has 144 valence electrons. The van der Waals surface area contributed by atoms with Gasteiger partial charge in [0.15, 0.2) is 9.84 Å². The second-order valence-electron chi connectivity index (χ2n) is 6.31. The SMILES string of the molecule is O=C(CS[C@H]1CCS(=O)(=O)C1)NCc1ccc(Oc2ccc(F)cc2)cc1. The smallest absolute Gasteiger partial charge is 0.230 e. The number of carbonyl (C=O) groups is 1. The molecule has 1 heterocycles. The van der Waals surface area contributed by atoms with Crippen LogP contribution in [0.2, 0.25) is 0 Å². The van der Waals surface area contributed by atoms with Crippen molar-refractivity contribution in [3.05, 3.63) is 59.9 Å². The van der Waals surface area contributed by atoms with Gasteiger partial charge in [-0.25, -0.2) is 12.8 Å². The highest BCUT2D eigenvalue weighted by atomic mass is 32.2. The van der Waals surface area contributed by atoms with Gasteiger partial charge < -0.3 is 10.1 Å². The topological polar surface area (TPSA) is 72.5 Å². The van der Waals surface area contributed by atoms with Crippen LogP contribution >= 0.6 is 11.8 Å². The number of nitrogens with one attached hydrogen (secondary N) is 1. The normalized spacial score (nSPS) is 18.2. The highest BCUT2D eigenvalue weighted by molar-refractivity contribution is 8.02. The number of rotatable bonds is 7.